The number of nitrogens with zero attached hydrogens (tertiary/aromatic N) is 3. The molecule has 0 spiro atoms. The zero-order valence-corrected chi connectivity index (χ0v) is 14.4. The summed E-state index contributed by atoms with van der Waals surface area (Å²) in [5.41, 5.74) is 13.7. The number of benzene rings is 1. The van der Waals surface area contributed by atoms with Gasteiger partial charge < -0.3 is 20.8 Å². The van der Waals surface area contributed by atoms with Gasteiger partial charge in [-0.05, 0) is 29.8 Å². The van der Waals surface area contributed by atoms with Crippen LogP contribution in [0.4, 0.5) is 0 Å². The molecule has 9 heteroatoms. The molecule has 1 aromatic carbocycles. The summed E-state index contributed by atoms with van der Waals surface area (Å²) in [5.74, 6) is -0.663. The molecule has 9 nitrogen and oxygen atoms in total. The standard InChI is InChI=1S/C18H16N6O3/c1-24-7-13(11-4-9(2-3-15(11)24)27-8-16(19)25)10-5-14(17(20)26)22-18-12(10)6-21-23-18/h2-7H,8H2,1H3,(H2,19,25)(H2,20,26)(H,21,22,23). The predicted octanol–water partition coefficient (Wildman–Crippen LogP) is 1.08. The Labute approximate surface area is 152 Å². The van der Waals surface area contributed by atoms with Crippen LogP contribution in [0.1, 0.15) is 10.5 Å². The number of pyridine rings is 1. The first-order chi connectivity index (χ1) is 12.9. The number of aromatic amines is 1. The van der Waals surface area contributed by atoms with Gasteiger partial charge in [0.25, 0.3) is 11.8 Å². The molecule has 136 valence electrons. The molecule has 0 aliphatic carbocycles. The smallest absolute Gasteiger partial charge is 0.267 e. The van der Waals surface area contributed by atoms with Gasteiger partial charge in [-0.25, -0.2) is 4.98 Å². The fraction of sp³-hybridized carbons (Fsp3) is 0.111. The van der Waals surface area contributed by atoms with Gasteiger partial charge in [0.15, 0.2) is 12.3 Å². The summed E-state index contributed by atoms with van der Waals surface area (Å²) in [6, 6.07) is 7.12. The lowest BCUT2D eigenvalue weighted by molar-refractivity contribution is -0.119. The van der Waals surface area contributed by atoms with Crippen LogP contribution in [-0.2, 0) is 11.8 Å². The van der Waals surface area contributed by atoms with Crippen LogP contribution >= 0.6 is 0 Å². The molecule has 0 aliphatic heterocycles. The maximum atomic E-state index is 11.7. The van der Waals surface area contributed by atoms with Gasteiger partial charge in [-0.3, -0.25) is 14.7 Å². The van der Waals surface area contributed by atoms with Crippen LogP contribution < -0.4 is 16.2 Å². The van der Waals surface area contributed by atoms with Crippen molar-refractivity contribution < 1.29 is 14.3 Å². The average Bonchev–Trinajstić information content (AvgIpc) is 3.23. The van der Waals surface area contributed by atoms with E-state index in [0.29, 0.717) is 11.4 Å². The first-order valence-corrected chi connectivity index (χ1v) is 8.08. The van der Waals surface area contributed by atoms with Crippen molar-refractivity contribution in [2.75, 3.05) is 6.61 Å². The van der Waals surface area contributed by atoms with E-state index in [0.717, 1.165) is 27.4 Å². The summed E-state index contributed by atoms with van der Waals surface area (Å²) in [6.45, 7) is -0.208. The highest BCUT2D eigenvalue weighted by molar-refractivity contribution is 6.06. The SMILES string of the molecule is Cn1cc(-c2cc(C(N)=O)nc3[nH]ncc23)c2cc(OCC(N)=O)ccc21. The number of aryl methyl sites for hydroxylation is 1. The third kappa shape index (κ3) is 2.84. The molecule has 4 aromatic rings. The largest absolute Gasteiger partial charge is 0.484 e. The molecule has 3 heterocycles. The Balaban J connectivity index is 1.94. The van der Waals surface area contributed by atoms with E-state index in [1.165, 1.54) is 0 Å². The predicted molar refractivity (Wildman–Crippen MR) is 99.0 cm³/mol. The number of fused-ring (bicyclic) bond motifs is 2. The molecule has 0 saturated carbocycles. The topological polar surface area (TPSA) is 142 Å². The zero-order chi connectivity index (χ0) is 19.1. The van der Waals surface area contributed by atoms with E-state index in [1.807, 2.05) is 29.9 Å². The normalized spacial score (nSPS) is 11.1. The fourth-order valence-electron chi connectivity index (χ4n) is 3.11. The number of amides is 2. The van der Waals surface area contributed by atoms with Gasteiger partial charge in [-0.15, -0.1) is 0 Å². The van der Waals surface area contributed by atoms with E-state index in [2.05, 4.69) is 15.2 Å². The van der Waals surface area contributed by atoms with E-state index < -0.39 is 11.8 Å². The van der Waals surface area contributed by atoms with Gasteiger partial charge in [0.1, 0.15) is 11.4 Å². The third-order valence-electron chi connectivity index (χ3n) is 4.31. The minimum absolute atomic E-state index is 0.139. The molecule has 0 radical (unpaired) electrons. The molecular formula is C18H16N6O3. The summed E-state index contributed by atoms with van der Waals surface area (Å²) >= 11 is 0. The molecule has 0 fully saturated rings. The fourth-order valence-corrected chi connectivity index (χ4v) is 3.11. The van der Waals surface area contributed by atoms with E-state index >= 15 is 0 Å². The summed E-state index contributed by atoms with van der Waals surface area (Å²) in [7, 11) is 1.92. The average molecular weight is 364 g/mol. The number of hydrogen-bond acceptors (Lipinski definition) is 5. The Morgan fingerprint density at radius 3 is 2.74 bits per heavy atom. The molecule has 27 heavy (non-hydrogen) atoms. The first kappa shape index (κ1) is 16.6. The molecule has 0 unspecified atom stereocenters. The lowest BCUT2D eigenvalue weighted by atomic mass is 10.0. The van der Waals surface area contributed by atoms with Crippen LogP contribution in [0.25, 0.3) is 33.1 Å². The third-order valence-corrected chi connectivity index (χ3v) is 4.31. The highest BCUT2D eigenvalue weighted by atomic mass is 16.5. The number of nitrogens with one attached hydrogen (secondary N) is 1. The summed E-state index contributed by atoms with van der Waals surface area (Å²) in [5, 5.41) is 8.43. The van der Waals surface area contributed by atoms with E-state index in [1.54, 1.807) is 18.3 Å². The zero-order valence-electron chi connectivity index (χ0n) is 14.4. The molecule has 0 aliphatic rings. The summed E-state index contributed by atoms with van der Waals surface area (Å²) < 4.78 is 7.38. The lowest BCUT2D eigenvalue weighted by Crippen LogP contribution is -2.19. The van der Waals surface area contributed by atoms with E-state index in [9.17, 15) is 9.59 Å². The Hall–Kier alpha value is -3.88. The van der Waals surface area contributed by atoms with Crippen molar-refractivity contribution in [2.45, 2.75) is 0 Å². The molecular weight excluding hydrogens is 348 g/mol. The number of hydrogen-bond donors (Lipinski definition) is 3. The van der Waals surface area contributed by atoms with Crippen molar-refractivity contribution in [1.29, 1.82) is 0 Å². The minimum atomic E-state index is -0.626. The molecule has 0 atom stereocenters. The van der Waals surface area contributed by atoms with Crippen molar-refractivity contribution in [3.8, 4) is 16.9 Å². The van der Waals surface area contributed by atoms with Gasteiger partial charge in [0.05, 0.1) is 6.20 Å². The van der Waals surface area contributed by atoms with Gasteiger partial charge in [-0.1, -0.05) is 0 Å². The van der Waals surface area contributed by atoms with Crippen LogP contribution in [0.15, 0.2) is 36.7 Å². The van der Waals surface area contributed by atoms with Crippen molar-refractivity contribution in [3.63, 3.8) is 0 Å². The number of nitrogens with two attached hydrogens (primary N) is 2. The minimum Gasteiger partial charge on any atom is -0.484 e. The van der Waals surface area contributed by atoms with Crippen molar-refractivity contribution in [2.24, 2.45) is 18.5 Å². The summed E-state index contributed by atoms with van der Waals surface area (Å²) in [6.07, 6.45) is 3.59. The van der Waals surface area contributed by atoms with Gasteiger partial charge in [-0.2, -0.15) is 5.10 Å². The quantitative estimate of drug-likeness (QED) is 0.486. The van der Waals surface area contributed by atoms with Crippen molar-refractivity contribution in [1.82, 2.24) is 19.7 Å². The van der Waals surface area contributed by atoms with Gasteiger partial charge in [0, 0.05) is 35.1 Å². The van der Waals surface area contributed by atoms with Crippen LogP contribution in [0.2, 0.25) is 0 Å². The second kappa shape index (κ2) is 6.13. The Kier molecular flexibility index (Phi) is 3.76. The Bertz CT molecular complexity index is 1210. The summed E-state index contributed by atoms with van der Waals surface area (Å²) in [4.78, 5) is 26.9. The van der Waals surface area contributed by atoms with Gasteiger partial charge in [0.2, 0.25) is 0 Å². The molecule has 4 rings (SSSR count). The van der Waals surface area contributed by atoms with Crippen LogP contribution in [-0.4, -0.2) is 38.2 Å². The van der Waals surface area contributed by atoms with Crippen molar-refractivity contribution >= 4 is 33.8 Å². The number of primary amides is 2. The Morgan fingerprint density at radius 2 is 2.00 bits per heavy atom. The molecule has 0 saturated heterocycles. The number of aromatic nitrogens is 4. The van der Waals surface area contributed by atoms with Crippen LogP contribution in [0.5, 0.6) is 5.75 Å². The molecule has 3 aromatic heterocycles. The maximum Gasteiger partial charge on any atom is 0.267 e. The highest BCUT2D eigenvalue weighted by Crippen LogP contribution is 2.36. The maximum absolute atomic E-state index is 11.7. The number of rotatable bonds is 5. The first-order valence-electron chi connectivity index (χ1n) is 8.08. The number of carbonyl (C=O) groups excluding carboxylic acids is 2. The second-order valence-electron chi connectivity index (χ2n) is 6.14. The van der Waals surface area contributed by atoms with Crippen LogP contribution in [0.3, 0.4) is 0 Å². The molecule has 2 amide bonds. The number of ether oxygens (including phenoxy) is 1. The lowest BCUT2D eigenvalue weighted by Gasteiger charge is -2.06. The molecule has 5 N–H and O–H groups in total. The van der Waals surface area contributed by atoms with Crippen molar-refractivity contribution in [3.05, 3.63) is 42.4 Å². The monoisotopic (exact) mass is 364 g/mol. The van der Waals surface area contributed by atoms with E-state index in [4.69, 9.17) is 16.2 Å². The van der Waals surface area contributed by atoms with E-state index in [-0.39, 0.29) is 12.3 Å². The highest BCUT2D eigenvalue weighted by Gasteiger charge is 2.17. The van der Waals surface area contributed by atoms with Gasteiger partial charge >= 0.3 is 0 Å². The van der Waals surface area contributed by atoms with Crippen LogP contribution in [0, 0.1) is 0 Å². The second-order valence-corrected chi connectivity index (χ2v) is 6.14. The molecule has 0 bridgehead atoms. The number of carbonyl (C=O) groups is 2. The Morgan fingerprint density at radius 1 is 1.19 bits per heavy atom. The number of H-pyrrole nitrogens is 1.